The number of ketones is 1. The molecule has 0 bridgehead atoms. The number of Topliss-reactive ketones (excluding diaryl/α,β-unsaturated/α-hetero) is 1. The lowest BCUT2D eigenvalue weighted by Crippen LogP contribution is -2.29. The van der Waals surface area contributed by atoms with E-state index in [4.69, 9.17) is 14.2 Å². The van der Waals surface area contributed by atoms with Crippen LogP contribution >= 0.6 is 11.3 Å². The van der Waals surface area contributed by atoms with Crippen LogP contribution in [0.4, 0.5) is 5.13 Å². The van der Waals surface area contributed by atoms with Crippen molar-refractivity contribution < 1.29 is 33.7 Å². The first-order valence-corrected chi connectivity index (χ1v) is 13.4. The minimum atomic E-state index is -1.06. The number of thiazole rings is 1. The van der Waals surface area contributed by atoms with Gasteiger partial charge in [0, 0.05) is 5.56 Å². The summed E-state index contributed by atoms with van der Waals surface area (Å²) in [4.78, 5) is 45.3. The van der Waals surface area contributed by atoms with Crippen LogP contribution in [0.15, 0.2) is 78.4 Å². The monoisotopic (exact) mass is 570 g/mol. The number of methoxy groups -OCH3 is 2. The van der Waals surface area contributed by atoms with E-state index in [1.807, 2.05) is 25.1 Å². The van der Waals surface area contributed by atoms with E-state index in [-0.39, 0.29) is 21.3 Å². The molecule has 1 aromatic heterocycles. The number of aromatic nitrogens is 1. The molecule has 10 heteroatoms. The Labute approximate surface area is 240 Å². The third kappa shape index (κ3) is 5.17. The highest BCUT2D eigenvalue weighted by atomic mass is 32.1. The largest absolute Gasteiger partial charge is 0.507 e. The summed E-state index contributed by atoms with van der Waals surface area (Å²) in [7, 11) is 2.79. The lowest BCUT2D eigenvalue weighted by atomic mass is 9.94. The number of rotatable bonds is 7. The van der Waals surface area contributed by atoms with E-state index in [0.717, 1.165) is 16.9 Å². The zero-order chi connectivity index (χ0) is 29.3. The van der Waals surface area contributed by atoms with Crippen molar-refractivity contribution in [3.63, 3.8) is 0 Å². The Morgan fingerprint density at radius 2 is 1.68 bits per heavy atom. The summed E-state index contributed by atoms with van der Waals surface area (Å²) < 4.78 is 16.2. The van der Waals surface area contributed by atoms with Gasteiger partial charge in [0.2, 0.25) is 0 Å². The van der Waals surface area contributed by atoms with Crippen LogP contribution in [-0.2, 0) is 14.3 Å². The smallest absolute Gasteiger partial charge is 0.350 e. The highest BCUT2D eigenvalue weighted by Crippen LogP contribution is 2.45. The van der Waals surface area contributed by atoms with Crippen molar-refractivity contribution in [2.45, 2.75) is 19.9 Å². The molecule has 0 radical (unpaired) electrons. The number of aliphatic hydroxyl groups excluding tert-OH is 1. The van der Waals surface area contributed by atoms with Gasteiger partial charge < -0.3 is 19.3 Å². The molecule has 1 saturated heterocycles. The number of para-hydroxylation sites is 1. The molecule has 1 aliphatic heterocycles. The summed E-state index contributed by atoms with van der Waals surface area (Å²) in [5.41, 5.74) is 1.80. The molecule has 1 unspecified atom stereocenters. The minimum absolute atomic E-state index is 0.120. The first-order chi connectivity index (χ1) is 19.7. The molecule has 2 heterocycles. The summed E-state index contributed by atoms with van der Waals surface area (Å²) in [6, 6.07) is 20.0. The molecule has 9 nitrogen and oxygen atoms in total. The SMILES string of the molecule is COC(=O)c1sc(N2C(=O)C(=O)/C(=C(/O)c3ccc(OC)c(C)c3)C2c2cccc(Oc3ccccc3)c2)nc1C. The number of aliphatic hydroxyl groups is 1. The van der Waals surface area contributed by atoms with E-state index in [1.54, 1.807) is 61.5 Å². The molecule has 208 valence electrons. The summed E-state index contributed by atoms with van der Waals surface area (Å²) in [6.07, 6.45) is 0. The molecule has 0 aliphatic carbocycles. The molecule has 1 aliphatic rings. The Morgan fingerprint density at radius 3 is 2.37 bits per heavy atom. The third-order valence-corrected chi connectivity index (χ3v) is 7.76. The summed E-state index contributed by atoms with van der Waals surface area (Å²) >= 11 is 0.933. The second-order valence-electron chi connectivity index (χ2n) is 9.24. The number of hydrogen-bond donors (Lipinski definition) is 1. The number of carbonyl (C=O) groups is 3. The molecule has 1 amide bonds. The predicted octanol–water partition coefficient (Wildman–Crippen LogP) is 5.97. The molecule has 0 spiro atoms. The van der Waals surface area contributed by atoms with Gasteiger partial charge in [0.15, 0.2) is 5.13 Å². The van der Waals surface area contributed by atoms with Gasteiger partial charge in [0.25, 0.3) is 5.78 Å². The fourth-order valence-electron chi connectivity index (χ4n) is 4.67. The molecule has 1 N–H and O–H groups in total. The first-order valence-electron chi connectivity index (χ1n) is 12.6. The van der Waals surface area contributed by atoms with E-state index in [0.29, 0.717) is 34.1 Å². The van der Waals surface area contributed by atoms with Crippen molar-refractivity contribution in [2.75, 3.05) is 19.1 Å². The van der Waals surface area contributed by atoms with Gasteiger partial charge in [0.1, 0.15) is 27.9 Å². The van der Waals surface area contributed by atoms with Crippen LogP contribution < -0.4 is 14.4 Å². The highest BCUT2D eigenvalue weighted by molar-refractivity contribution is 7.17. The van der Waals surface area contributed by atoms with Gasteiger partial charge in [-0.3, -0.25) is 14.5 Å². The van der Waals surface area contributed by atoms with Gasteiger partial charge in [-0.1, -0.05) is 41.7 Å². The molecule has 5 rings (SSSR count). The van der Waals surface area contributed by atoms with Crippen LogP contribution in [0.2, 0.25) is 0 Å². The van der Waals surface area contributed by atoms with Crippen LogP contribution in [0.25, 0.3) is 5.76 Å². The van der Waals surface area contributed by atoms with Crippen molar-refractivity contribution in [1.29, 1.82) is 0 Å². The van der Waals surface area contributed by atoms with E-state index in [9.17, 15) is 19.5 Å². The van der Waals surface area contributed by atoms with Gasteiger partial charge in [-0.15, -0.1) is 0 Å². The molecule has 1 fully saturated rings. The van der Waals surface area contributed by atoms with Gasteiger partial charge in [-0.2, -0.15) is 0 Å². The number of carbonyl (C=O) groups excluding carboxylic acids is 3. The fraction of sp³-hybridized carbons (Fsp3) is 0.161. The average molecular weight is 571 g/mol. The lowest BCUT2D eigenvalue weighted by molar-refractivity contribution is -0.132. The lowest BCUT2D eigenvalue weighted by Gasteiger charge is -2.23. The van der Waals surface area contributed by atoms with Crippen molar-refractivity contribution in [2.24, 2.45) is 0 Å². The summed E-state index contributed by atoms with van der Waals surface area (Å²) in [6.45, 7) is 3.43. The van der Waals surface area contributed by atoms with Crippen LogP contribution in [0.1, 0.15) is 38.1 Å². The summed E-state index contributed by atoms with van der Waals surface area (Å²) in [5, 5.41) is 11.6. The topological polar surface area (TPSA) is 115 Å². The minimum Gasteiger partial charge on any atom is -0.507 e. The fourth-order valence-corrected chi connectivity index (χ4v) is 5.68. The van der Waals surface area contributed by atoms with Crippen molar-refractivity contribution in [3.05, 3.63) is 106 Å². The van der Waals surface area contributed by atoms with Gasteiger partial charge in [-0.05, 0) is 67.4 Å². The van der Waals surface area contributed by atoms with Gasteiger partial charge >= 0.3 is 11.9 Å². The molecule has 1 atom stereocenters. The maximum atomic E-state index is 13.6. The van der Waals surface area contributed by atoms with Crippen LogP contribution in [0.3, 0.4) is 0 Å². The normalized spacial score (nSPS) is 16.1. The quantitative estimate of drug-likeness (QED) is 0.125. The number of hydrogen-bond acceptors (Lipinski definition) is 9. The van der Waals surface area contributed by atoms with Crippen molar-refractivity contribution in [3.8, 4) is 17.2 Å². The van der Waals surface area contributed by atoms with E-state index in [2.05, 4.69) is 4.98 Å². The van der Waals surface area contributed by atoms with Crippen molar-refractivity contribution >= 4 is 39.9 Å². The Balaban J connectivity index is 1.68. The molecular weight excluding hydrogens is 544 g/mol. The molecule has 0 saturated carbocycles. The number of benzene rings is 3. The van der Waals surface area contributed by atoms with Crippen LogP contribution in [0, 0.1) is 13.8 Å². The number of amides is 1. The standard InChI is InChI=1S/C31H26N2O7S/c1-17-15-20(13-14-23(17)38-3)26(34)24-25(19-9-8-12-22(16-19)40-21-10-6-5-7-11-21)33(29(36)27(24)35)31-32-18(2)28(41-31)30(37)39-4/h5-16,25,34H,1-4H3/b26-24+. The maximum Gasteiger partial charge on any atom is 0.350 e. The van der Waals surface area contributed by atoms with E-state index < -0.39 is 23.7 Å². The Kier molecular flexibility index (Phi) is 7.58. The molecule has 41 heavy (non-hydrogen) atoms. The van der Waals surface area contributed by atoms with Crippen molar-refractivity contribution in [1.82, 2.24) is 4.98 Å². The molecule has 3 aromatic carbocycles. The Morgan fingerprint density at radius 1 is 0.951 bits per heavy atom. The Bertz CT molecular complexity index is 1690. The second kappa shape index (κ2) is 11.3. The zero-order valence-electron chi connectivity index (χ0n) is 22.7. The Hall–Kier alpha value is -4.96. The number of anilines is 1. The zero-order valence-corrected chi connectivity index (χ0v) is 23.5. The van der Waals surface area contributed by atoms with Crippen LogP contribution in [0.5, 0.6) is 17.2 Å². The number of nitrogens with zero attached hydrogens (tertiary/aromatic N) is 2. The number of ether oxygens (including phenoxy) is 3. The van der Waals surface area contributed by atoms with E-state index >= 15 is 0 Å². The number of aryl methyl sites for hydroxylation is 2. The third-order valence-electron chi connectivity index (χ3n) is 6.63. The average Bonchev–Trinajstić information content (AvgIpc) is 3.49. The highest BCUT2D eigenvalue weighted by Gasteiger charge is 2.48. The maximum absolute atomic E-state index is 13.6. The predicted molar refractivity (Wildman–Crippen MR) is 154 cm³/mol. The number of esters is 1. The molecular formula is C31H26N2O7S. The first kappa shape index (κ1) is 27.6. The van der Waals surface area contributed by atoms with E-state index in [1.165, 1.54) is 19.1 Å². The second-order valence-corrected chi connectivity index (χ2v) is 10.2. The summed E-state index contributed by atoms with van der Waals surface area (Å²) in [5.74, 6) is -1.05. The van der Waals surface area contributed by atoms with Crippen LogP contribution in [-0.4, -0.2) is 42.0 Å². The van der Waals surface area contributed by atoms with Gasteiger partial charge in [0.05, 0.1) is 31.5 Å². The molecule has 4 aromatic rings. The van der Waals surface area contributed by atoms with Gasteiger partial charge in [-0.25, -0.2) is 9.78 Å².